The second-order valence-electron chi connectivity index (χ2n) is 10.3. The monoisotopic (exact) mass is 409 g/mol. The minimum atomic E-state index is -1.13. The minimum Gasteiger partial charge on any atom is -0.411 e. The third-order valence-corrected chi connectivity index (χ3v) is 9.02. The number of nitrogens with two attached hydrogens (primary N) is 1. The first kappa shape index (κ1) is 21.0. The van der Waals surface area contributed by atoms with Crippen molar-refractivity contribution in [2.75, 3.05) is 13.2 Å². The fourth-order valence-corrected chi connectivity index (χ4v) is 7.35. The van der Waals surface area contributed by atoms with Crippen LogP contribution in [0.15, 0.2) is 10.3 Å². The Morgan fingerprint density at radius 3 is 2.62 bits per heavy atom. The van der Waals surface area contributed by atoms with Crippen molar-refractivity contribution in [3.05, 3.63) is 0 Å². The molecular weight excluding hydrogens is 373 g/mol. The van der Waals surface area contributed by atoms with Gasteiger partial charge in [-0.25, -0.2) is 4.39 Å². The quantitative estimate of drug-likeness (QED) is 0.376. The maximum atomic E-state index is 15.2. The largest absolute Gasteiger partial charge is 0.411 e. The summed E-state index contributed by atoms with van der Waals surface area (Å²) in [5.74, 6) is 1.15. The molecule has 4 rings (SSSR count). The molecule has 0 aromatic rings. The van der Waals surface area contributed by atoms with Gasteiger partial charge in [-0.05, 0) is 80.1 Å². The topological polar surface area (TPSA) is 100 Å². The Hall–Kier alpha value is -1.21. The molecule has 4 aliphatic carbocycles. The third kappa shape index (κ3) is 3.29. The van der Waals surface area contributed by atoms with E-state index in [-0.39, 0.29) is 22.9 Å². The first-order valence-corrected chi connectivity index (χ1v) is 11.3. The summed E-state index contributed by atoms with van der Waals surface area (Å²) in [6, 6.07) is 0. The van der Waals surface area contributed by atoms with E-state index in [0.29, 0.717) is 55.9 Å². The fourth-order valence-electron chi connectivity index (χ4n) is 7.35. The summed E-state index contributed by atoms with van der Waals surface area (Å²) in [6.45, 7) is 5.32. The zero-order valence-corrected chi connectivity index (χ0v) is 17.7. The van der Waals surface area contributed by atoms with Gasteiger partial charge in [0.25, 0.3) is 0 Å². The summed E-state index contributed by atoms with van der Waals surface area (Å²) in [5.41, 5.74) is 6.37. The number of halogens is 1. The second kappa shape index (κ2) is 7.80. The summed E-state index contributed by atoms with van der Waals surface area (Å²) in [5, 5.41) is 28.3. The van der Waals surface area contributed by atoms with Crippen LogP contribution in [-0.4, -0.2) is 47.2 Å². The van der Waals surface area contributed by atoms with Crippen molar-refractivity contribution < 1.29 is 19.5 Å². The summed E-state index contributed by atoms with van der Waals surface area (Å²) < 4.78 is 15.2. The van der Waals surface area contributed by atoms with E-state index in [1.54, 1.807) is 0 Å². The van der Waals surface area contributed by atoms with Crippen LogP contribution < -0.4 is 5.73 Å². The molecule has 0 aliphatic heterocycles. The van der Waals surface area contributed by atoms with Crippen LogP contribution in [0.3, 0.4) is 0 Å². The number of aliphatic hydroxyl groups is 1. The average molecular weight is 410 g/mol. The highest BCUT2D eigenvalue weighted by molar-refractivity contribution is 5.97. The average Bonchev–Trinajstić information content (AvgIpc) is 3.00. The smallest absolute Gasteiger partial charge is 0.142 e. The molecule has 0 aromatic heterocycles. The lowest BCUT2D eigenvalue weighted by atomic mass is 9.44. The van der Waals surface area contributed by atoms with Crippen LogP contribution in [-0.2, 0) is 4.84 Å². The number of alkyl halides is 1. The van der Waals surface area contributed by atoms with Crippen molar-refractivity contribution >= 4 is 11.4 Å². The predicted octanol–water partition coefficient (Wildman–Crippen LogP) is 3.50. The maximum Gasteiger partial charge on any atom is 0.142 e. The summed E-state index contributed by atoms with van der Waals surface area (Å²) >= 11 is 0. The normalized spacial score (nSPS) is 49.6. The van der Waals surface area contributed by atoms with Crippen LogP contribution in [0.25, 0.3) is 0 Å². The van der Waals surface area contributed by atoms with E-state index >= 15 is 4.39 Å². The molecule has 0 aromatic carbocycles. The molecule has 4 saturated carbocycles. The molecule has 6 nitrogen and oxygen atoms in total. The third-order valence-electron chi connectivity index (χ3n) is 9.02. The lowest BCUT2D eigenvalue weighted by Crippen LogP contribution is -2.58. The molecule has 8 atom stereocenters. The Morgan fingerprint density at radius 1 is 1.14 bits per heavy atom. The number of rotatable bonds is 4. The Morgan fingerprint density at radius 2 is 1.90 bits per heavy atom. The first-order chi connectivity index (χ1) is 13.8. The summed E-state index contributed by atoms with van der Waals surface area (Å²) in [7, 11) is 0. The highest BCUT2D eigenvalue weighted by Gasteiger charge is 2.62. The Labute approximate surface area is 172 Å². The molecule has 0 bridgehead atoms. The molecular formula is C22H36FN3O3. The molecule has 29 heavy (non-hydrogen) atoms. The van der Waals surface area contributed by atoms with Crippen LogP contribution in [0, 0.1) is 34.5 Å². The van der Waals surface area contributed by atoms with Gasteiger partial charge in [-0.2, -0.15) is 0 Å². The van der Waals surface area contributed by atoms with Gasteiger partial charge in [0.05, 0.1) is 17.5 Å². The number of oxime groups is 2. The number of hydrogen-bond donors (Lipinski definition) is 3. The number of aliphatic hydroxyl groups excluding tert-OH is 1. The van der Waals surface area contributed by atoms with Crippen molar-refractivity contribution in [2.24, 2.45) is 50.5 Å². The zero-order valence-electron chi connectivity index (χ0n) is 17.7. The van der Waals surface area contributed by atoms with Gasteiger partial charge in [0.2, 0.25) is 0 Å². The van der Waals surface area contributed by atoms with Crippen LogP contribution in [0.5, 0.6) is 0 Å². The van der Waals surface area contributed by atoms with E-state index in [4.69, 9.17) is 10.6 Å². The van der Waals surface area contributed by atoms with E-state index in [2.05, 4.69) is 24.2 Å². The minimum absolute atomic E-state index is 0.00621. The Bertz CT molecular complexity index is 686. The van der Waals surface area contributed by atoms with E-state index < -0.39 is 6.17 Å². The van der Waals surface area contributed by atoms with Gasteiger partial charge in [0, 0.05) is 12.3 Å². The van der Waals surface area contributed by atoms with Crippen LogP contribution in [0.4, 0.5) is 4.39 Å². The molecule has 4 fully saturated rings. The molecule has 164 valence electrons. The lowest BCUT2D eigenvalue weighted by molar-refractivity contribution is -0.0897. The Kier molecular flexibility index (Phi) is 5.66. The van der Waals surface area contributed by atoms with Gasteiger partial charge in [-0.15, -0.1) is 0 Å². The van der Waals surface area contributed by atoms with Crippen molar-refractivity contribution in [3.63, 3.8) is 0 Å². The predicted molar refractivity (Wildman–Crippen MR) is 110 cm³/mol. The molecule has 7 heteroatoms. The molecule has 1 unspecified atom stereocenters. The van der Waals surface area contributed by atoms with Crippen LogP contribution in [0.2, 0.25) is 0 Å². The highest BCUT2D eigenvalue weighted by Crippen LogP contribution is 2.65. The molecule has 0 saturated heterocycles. The fraction of sp³-hybridized carbons (Fsp3) is 0.909. The summed E-state index contributed by atoms with van der Waals surface area (Å²) in [6.07, 6.45) is 4.75. The zero-order chi connectivity index (χ0) is 20.8. The molecule has 4 N–H and O–H groups in total. The molecule has 0 amide bonds. The van der Waals surface area contributed by atoms with E-state index in [1.807, 2.05) is 0 Å². The first-order valence-electron chi connectivity index (χ1n) is 11.3. The van der Waals surface area contributed by atoms with Gasteiger partial charge in [0.15, 0.2) is 0 Å². The lowest BCUT2D eigenvalue weighted by Gasteiger charge is -2.60. The number of fused-ring (bicyclic) bond motifs is 5. The van der Waals surface area contributed by atoms with Crippen LogP contribution >= 0.6 is 0 Å². The van der Waals surface area contributed by atoms with Crippen molar-refractivity contribution in [1.82, 2.24) is 0 Å². The number of hydrogen-bond acceptors (Lipinski definition) is 6. The van der Waals surface area contributed by atoms with Crippen molar-refractivity contribution in [1.29, 1.82) is 0 Å². The van der Waals surface area contributed by atoms with E-state index in [0.717, 1.165) is 37.8 Å². The van der Waals surface area contributed by atoms with Crippen LogP contribution in [0.1, 0.15) is 65.2 Å². The van der Waals surface area contributed by atoms with Gasteiger partial charge in [-0.3, -0.25) is 0 Å². The second-order valence-corrected chi connectivity index (χ2v) is 10.3. The van der Waals surface area contributed by atoms with Crippen molar-refractivity contribution in [2.45, 2.75) is 77.5 Å². The molecule has 0 spiro atoms. The van der Waals surface area contributed by atoms with E-state index in [9.17, 15) is 10.3 Å². The molecule has 4 aliphatic rings. The SMILES string of the molecule is C[C@]12CC[C@H]3[C@@H](C/C(=N\O)C4C/C(=N\OCCCN)[C@H](F)C[C@@]43C)[C@@H]1CC[C@@H]2O. The Balaban J connectivity index is 1.60. The van der Waals surface area contributed by atoms with Crippen molar-refractivity contribution in [3.8, 4) is 0 Å². The standard InChI is InChI=1S/C22H36FN3O3/c1-21-7-6-15-13(14(21)4-5-20(21)27)10-18(25-28)16-11-19(26-29-9-3-8-24)17(23)12-22(15,16)2/h13-17,20,27-28H,3-12,24H2,1-2H3/b25-18+,26-19+/t13-,14-,15-,16?,17+,20-,21-,22+/m0/s1. The van der Waals surface area contributed by atoms with Gasteiger partial charge in [0.1, 0.15) is 12.8 Å². The van der Waals surface area contributed by atoms with Gasteiger partial charge < -0.3 is 20.9 Å². The van der Waals surface area contributed by atoms with E-state index in [1.165, 1.54) is 0 Å². The molecule has 0 radical (unpaired) electrons. The molecule has 0 heterocycles. The van der Waals surface area contributed by atoms with Gasteiger partial charge in [-0.1, -0.05) is 24.2 Å². The highest BCUT2D eigenvalue weighted by atomic mass is 19.1. The summed E-state index contributed by atoms with van der Waals surface area (Å²) in [4.78, 5) is 5.29. The number of nitrogens with zero attached hydrogens (tertiary/aromatic N) is 2. The van der Waals surface area contributed by atoms with Gasteiger partial charge >= 0.3 is 0 Å². The maximum absolute atomic E-state index is 15.2.